The van der Waals surface area contributed by atoms with Crippen LogP contribution in [-0.2, 0) is 25.8 Å². The lowest BCUT2D eigenvalue weighted by Crippen LogP contribution is -2.30. The molecule has 0 saturated carbocycles. The van der Waals surface area contributed by atoms with Crippen LogP contribution < -0.4 is 10.6 Å². The Morgan fingerprint density at radius 1 is 1.08 bits per heavy atom. The molecule has 0 radical (unpaired) electrons. The molecule has 11 heteroatoms. The normalized spacial score (nSPS) is 11.1. The molecule has 2 aromatic rings. The summed E-state index contributed by atoms with van der Waals surface area (Å²) in [7, 11) is -3.97. The first-order valence-electron chi connectivity index (χ1n) is 7.15. The molecule has 8 nitrogen and oxygen atoms in total. The van der Waals surface area contributed by atoms with E-state index in [-0.39, 0.29) is 10.8 Å². The third kappa shape index (κ3) is 6.19. The Bertz CT molecular complexity index is 865. The highest BCUT2D eigenvalue weighted by molar-refractivity contribution is 7.92. The van der Waals surface area contributed by atoms with Crippen LogP contribution in [0.15, 0.2) is 24.3 Å². The maximum atomic E-state index is 12.8. The molecule has 1 aromatic heterocycles. The van der Waals surface area contributed by atoms with E-state index in [2.05, 4.69) is 20.8 Å². The third-order valence-electron chi connectivity index (χ3n) is 2.85. The molecule has 2 amide bonds. The van der Waals surface area contributed by atoms with Crippen LogP contribution in [0.25, 0.3) is 0 Å². The van der Waals surface area contributed by atoms with E-state index in [1.165, 1.54) is 12.1 Å². The zero-order valence-corrected chi connectivity index (χ0v) is 14.8. The van der Waals surface area contributed by atoms with Crippen molar-refractivity contribution in [3.05, 3.63) is 35.1 Å². The van der Waals surface area contributed by atoms with Gasteiger partial charge in [-0.1, -0.05) is 18.3 Å². The van der Waals surface area contributed by atoms with Gasteiger partial charge in [-0.05, 0) is 30.7 Å². The molecule has 0 fully saturated rings. The maximum Gasteiger partial charge on any atom is 0.241 e. The zero-order chi connectivity index (χ0) is 18.4. The highest BCUT2D eigenvalue weighted by Crippen LogP contribution is 2.15. The maximum absolute atomic E-state index is 12.8. The molecule has 0 atom stereocenters. The quantitative estimate of drug-likeness (QED) is 0.739. The highest BCUT2D eigenvalue weighted by Gasteiger charge is 2.21. The number of hydrogen-bond donors (Lipinski definition) is 2. The van der Waals surface area contributed by atoms with Gasteiger partial charge in [0.05, 0.1) is 0 Å². The molecule has 2 N–H and O–H groups in total. The van der Waals surface area contributed by atoms with E-state index in [1.807, 2.05) is 6.92 Å². The summed E-state index contributed by atoms with van der Waals surface area (Å²) >= 11 is 1.15. The van der Waals surface area contributed by atoms with E-state index in [9.17, 15) is 22.4 Å². The lowest BCUT2D eigenvalue weighted by Gasteiger charge is -2.06. The van der Waals surface area contributed by atoms with Crippen LogP contribution in [0.2, 0.25) is 0 Å². The Balaban J connectivity index is 1.88. The van der Waals surface area contributed by atoms with Crippen LogP contribution in [0.4, 0.5) is 15.2 Å². The number of nitrogens with zero attached hydrogens (tertiary/aromatic N) is 2. The molecule has 0 bridgehead atoms. The minimum absolute atomic E-state index is 0.202. The van der Waals surface area contributed by atoms with Gasteiger partial charge in [-0.15, -0.1) is 10.2 Å². The van der Waals surface area contributed by atoms with Crippen molar-refractivity contribution in [1.82, 2.24) is 10.2 Å². The number of aryl methyl sites for hydroxylation is 1. The summed E-state index contributed by atoms with van der Waals surface area (Å²) < 4.78 is 36.6. The van der Waals surface area contributed by atoms with Gasteiger partial charge in [0.15, 0.2) is 9.84 Å². The first-order chi connectivity index (χ1) is 11.8. The van der Waals surface area contributed by atoms with Crippen molar-refractivity contribution in [2.45, 2.75) is 13.3 Å². The summed E-state index contributed by atoms with van der Waals surface area (Å²) in [5.74, 6) is -3.82. The van der Waals surface area contributed by atoms with E-state index in [1.54, 1.807) is 0 Å². The predicted octanol–water partition coefficient (Wildman–Crippen LogP) is 1.23. The van der Waals surface area contributed by atoms with E-state index in [0.717, 1.165) is 23.5 Å². The summed E-state index contributed by atoms with van der Waals surface area (Å²) in [4.78, 5) is 23.5. The number of nitrogens with one attached hydrogen (secondary N) is 2. The molecule has 0 spiro atoms. The Morgan fingerprint density at radius 3 is 2.24 bits per heavy atom. The smallest absolute Gasteiger partial charge is 0.241 e. The number of sulfone groups is 1. The fourth-order valence-electron chi connectivity index (χ4n) is 1.78. The van der Waals surface area contributed by atoms with Gasteiger partial charge in [0.1, 0.15) is 22.3 Å². The summed E-state index contributed by atoms with van der Waals surface area (Å²) in [6, 6.07) is 4.86. The molecule has 0 aliphatic rings. The molecule has 2 rings (SSSR count). The number of amides is 2. The Kier molecular flexibility index (Phi) is 6.15. The Labute approximate surface area is 147 Å². The van der Waals surface area contributed by atoms with Crippen LogP contribution in [-0.4, -0.2) is 41.9 Å². The van der Waals surface area contributed by atoms with E-state index in [0.29, 0.717) is 11.4 Å². The standard InChI is InChI=1S/C14H15FN4O4S2/c1-2-13-18-19-14(24-13)17-12(21)8-25(22,23)7-11(20)16-10-5-3-9(15)4-6-10/h3-6H,2,7-8H2,1H3,(H,16,20)(H,17,19,21). The van der Waals surface area contributed by atoms with Gasteiger partial charge in [-0.2, -0.15) is 0 Å². The average molecular weight is 386 g/mol. The number of hydrogen-bond acceptors (Lipinski definition) is 7. The fraction of sp³-hybridized carbons (Fsp3) is 0.286. The second-order valence-corrected chi connectivity index (χ2v) is 8.12. The molecule has 1 aromatic carbocycles. The fourth-order valence-corrected chi connectivity index (χ4v) is 3.52. The van der Waals surface area contributed by atoms with Crippen LogP contribution in [0.5, 0.6) is 0 Å². The summed E-state index contributed by atoms with van der Waals surface area (Å²) in [5, 5.41) is 13.1. The number of carbonyl (C=O) groups is 2. The van der Waals surface area contributed by atoms with Gasteiger partial charge in [0.25, 0.3) is 0 Å². The monoisotopic (exact) mass is 386 g/mol. The van der Waals surface area contributed by atoms with Crippen LogP contribution in [0.3, 0.4) is 0 Å². The van der Waals surface area contributed by atoms with Crippen molar-refractivity contribution >= 4 is 43.8 Å². The van der Waals surface area contributed by atoms with Gasteiger partial charge < -0.3 is 5.32 Å². The Hall–Kier alpha value is -2.40. The van der Waals surface area contributed by atoms with E-state index >= 15 is 0 Å². The number of halogens is 1. The number of benzene rings is 1. The van der Waals surface area contributed by atoms with Crippen LogP contribution in [0, 0.1) is 5.82 Å². The van der Waals surface area contributed by atoms with Crippen molar-refractivity contribution < 1.29 is 22.4 Å². The number of rotatable bonds is 7. The third-order valence-corrected chi connectivity index (χ3v) is 5.23. The first kappa shape index (κ1) is 18.9. The molecular weight excluding hydrogens is 371 g/mol. The van der Waals surface area contributed by atoms with E-state index < -0.39 is 39.0 Å². The largest absolute Gasteiger partial charge is 0.325 e. The topological polar surface area (TPSA) is 118 Å². The van der Waals surface area contributed by atoms with Crippen LogP contribution >= 0.6 is 11.3 Å². The molecule has 0 saturated heterocycles. The van der Waals surface area contributed by atoms with Crippen molar-refractivity contribution in [3.63, 3.8) is 0 Å². The van der Waals surface area contributed by atoms with Crippen molar-refractivity contribution in [3.8, 4) is 0 Å². The predicted molar refractivity (Wildman–Crippen MR) is 91.6 cm³/mol. The van der Waals surface area contributed by atoms with Gasteiger partial charge >= 0.3 is 0 Å². The minimum Gasteiger partial charge on any atom is -0.325 e. The molecule has 0 aliphatic heterocycles. The van der Waals surface area contributed by atoms with E-state index in [4.69, 9.17) is 0 Å². The first-order valence-corrected chi connectivity index (χ1v) is 9.79. The summed E-state index contributed by atoms with van der Waals surface area (Å²) in [5.41, 5.74) is 0.256. The average Bonchev–Trinajstić information content (AvgIpc) is 2.95. The minimum atomic E-state index is -3.97. The number of carbonyl (C=O) groups excluding carboxylic acids is 2. The van der Waals surface area contributed by atoms with Crippen molar-refractivity contribution in [2.75, 3.05) is 22.1 Å². The van der Waals surface area contributed by atoms with Crippen LogP contribution in [0.1, 0.15) is 11.9 Å². The van der Waals surface area contributed by atoms with Gasteiger partial charge in [-0.25, -0.2) is 12.8 Å². The lowest BCUT2D eigenvalue weighted by atomic mass is 10.3. The molecule has 0 unspecified atom stereocenters. The van der Waals surface area contributed by atoms with Gasteiger partial charge in [-0.3, -0.25) is 14.9 Å². The second kappa shape index (κ2) is 8.12. The Morgan fingerprint density at radius 2 is 1.68 bits per heavy atom. The highest BCUT2D eigenvalue weighted by atomic mass is 32.2. The molecule has 1 heterocycles. The molecule has 134 valence electrons. The second-order valence-electron chi connectivity index (χ2n) is 4.99. The van der Waals surface area contributed by atoms with Gasteiger partial charge in [0.2, 0.25) is 16.9 Å². The van der Waals surface area contributed by atoms with Gasteiger partial charge in [0, 0.05) is 5.69 Å². The number of aromatic nitrogens is 2. The number of anilines is 2. The summed E-state index contributed by atoms with van der Waals surface area (Å²) in [6.45, 7) is 1.87. The molecule has 0 aliphatic carbocycles. The summed E-state index contributed by atoms with van der Waals surface area (Å²) in [6.07, 6.45) is 0.648. The molecular formula is C14H15FN4O4S2. The molecule has 25 heavy (non-hydrogen) atoms. The SMILES string of the molecule is CCc1nnc(NC(=O)CS(=O)(=O)CC(=O)Nc2ccc(F)cc2)s1. The zero-order valence-electron chi connectivity index (χ0n) is 13.2. The van der Waals surface area contributed by atoms with Crippen molar-refractivity contribution in [2.24, 2.45) is 0 Å². The lowest BCUT2D eigenvalue weighted by molar-refractivity contribution is -0.114. The van der Waals surface area contributed by atoms with Crippen molar-refractivity contribution in [1.29, 1.82) is 0 Å².